The smallest absolute Gasteiger partial charge is 0.253 e. The molecule has 3 rings (SSSR count). The van der Waals surface area contributed by atoms with E-state index in [4.69, 9.17) is 4.74 Å². The lowest BCUT2D eigenvalue weighted by Crippen LogP contribution is -2.34. The third kappa shape index (κ3) is 2.96. The van der Waals surface area contributed by atoms with Crippen LogP contribution in [0.4, 0.5) is 5.69 Å². The number of para-hydroxylation sites is 1. The number of nitrogens with one attached hydrogen (secondary N) is 2. The van der Waals surface area contributed by atoms with E-state index in [-0.39, 0.29) is 5.91 Å². The van der Waals surface area contributed by atoms with Gasteiger partial charge in [0.2, 0.25) is 0 Å². The summed E-state index contributed by atoms with van der Waals surface area (Å²) in [6.07, 6.45) is 4.44. The van der Waals surface area contributed by atoms with Crippen LogP contribution in [-0.2, 0) is 11.2 Å². The number of anilines is 1. The minimum absolute atomic E-state index is 0.0295. The second kappa shape index (κ2) is 6.27. The number of fused-ring (bicyclic) bond motifs is 1. The van der Waals surface area contributed by atoms with E-state index < -0.39 is 0 Å². The lowest BCUT2D eigenvalue weighted by molar-refractivity contribution is 0.0536. The number of aryl methyl sites for hydroxylation is 1. The zero-order valence-electron chi connectivity index (χ0n) is 11.8. The molecule has 2 N–H and O–H groups in total. The molecule has 1 aromatic carbocycles. The number of carbonyl (C=O) groups is 1. The standard InChI is InChI=1S/C16H22N2O2/c19-16(18-10-12-4-3-9-20-11-12)14-7-1-5-13-6-2-8-17-15(13)14/h1,5,7,12,17H,2-4,6,8-11H2,(H,18,19). The Bertz CT molecular complexity index is 481. The minimum atomic E-state index is 0.0295. The van der Waals surface area contributed by atoms with E-state index in [0.29, 0.717) is 12.5 Å². The van der Waals surface area contributed by atoms with Gasteiger partial charge >= 0.3 is 0 Å². The van der Waals surface area contributed by atoms with Crippen molar-refractivity contribution in [3.8, 4) is 0 Å². The fraction of sp³-hybridized carbons (Fsp3) is 0.562. The van der Waals surface area contributed by atoms with Crippen molar-refractivity contribution in [1.29, 1.82) is 0 Å². The molecule has 0 bridgehead atoms. The third-order valence-corrected chi connectivity index (χ3v) is 4.13. The molecule has 1 saturated heterocycles. The van der Waals surface area contributed by atoms with Gasteiger partial charge in [-0.05, 0) is 43.2 Å². The van der Waals surface area contributed by atoms with Crippen LogP contribution in [0.2, 0.25) is 0 Å². The van der Waals surface area contributed by atoms with Crippen molar-refractivity contribution in [1.82, 2.24) is 5.32 Å². The van der Waals surface area contributed by atoms with Crippen LogP contribution < -0.4 is 10.6 Å². The van der Waals surface area contributed by atoms with Gasteiger partial charge in [0.25, 0.3) is 5.91 Å². The Morgan fingerprint density at radius 1 is 1.40 bits per heavy atom. The molecule has 20 heavy (non-hydrogen) atoms. The molecule has 2 heterocycles. The van der Waals surface area contributed by atoms with Gasteiger partial charge in [-0.3, -0.25) is 4.79 Å². The summed E-state index contributed by atoms with van der Waals surface area (Å²) in [6.45, 7) is 3.29. The van der Waals surface area contributed by atoms with Crippen LogP contribution in [0.25, 0.3) is 0 Å². The fourth-order valence-electron chi connectivity index (χ4n) is 3.00. The molecule has 2 aliphatic heterocycles. The highest BCUT2D eigenvalue weighted by atomic mass is 16.5. The lowest BCUT2D eigenvalue weighted by atomic mass is 9.98. The van der Waals surface area contributed by atoms with Crippen LogP contribution in [0.3, 0.4) is 0 Å². The van der Waals surface area contributed by atoms with Crippen molar-refractivity contribution in [2.45, 2.75) is 25.7 Å². The normalized spacial score (nSPS) is 21.7. The molecule has 0 aliphatic carbocycles. The van der Waals surface area contributed by atoms with E-state index in [1.165, 1.54) is 5.56 Å². The quantitative estimate of drug-likeness (QED) is 0.888. The second-order valence-electron chi connectivity index (χ2n) is 5.66. The molecule has 0 saturated carbocycles. The van der Waals surface area contributed by atoms with Crippen molar-refractivity contribution >= 4 is 11.6 Å². The molecule has 1 fully saturated rings. The molecule has 0 aromatic heterocycles. The Labute approximate surface area is 119 Å². The van der Waals surface area contributed by atoms with E-state index in [2.05, 4.69) is 16.7 Å². The summed E-state index contributed by atoms with van der Waals surface area (Å²) in [4.78, 5) is 12.4. The van der Waals surface area contributed by atoms with Crippen molar-refractivity contribution in [2.24, 2.45) is 5.92 Å². The van der Waals surface area contributed by atoms with E-state index in [9.17, 15) is 4.79 Å². The molecule has 4 nitrogen and oxygen atoms in total. The Kier molecular flexibility index (Phi) is 4.21. The van der Waals surface area contributed by atoms with Gasteiger partial charge in [-0.25, -0.2) is 0 Å². The average Bonchev–Trinajstić information content (AvgIpc) is 2.53. The number of hydrogen-bond acceptors (Lipinski definition) is 3. The molecule has 0 spiro atoms. The van der Waals surface area contributed by atoms with Gasteiger partial charge in [0.05, 0.1) is 17.9 Å². The number of amides is 1. The van der Waals surface area contributed by atoms with Crippen molar-refractivity contribution < 1.29 is 9.53 Å². The predicted octanol–water partition coefficient (Wildman–Crippen LogP) is 2.20. The maximum Gasteiger partial charge on any atom is 0.253 e. The second-order valence-corrected chi connectivity index (χ2v) is 5.66. The Hall–Kier alpha value is -1.55. The van der Waals surface area contributed by atoms with E-state index in [0.717, 1.165) is 56.7 Å². The first-order valence-corrected chi connectivity index (χ1v) is 7.56. The summed E-state index contributed by atoms with van der Waals surface area (Å²) in [6, 6.07) is 5.99. The summed E-state index contributed by atoms with van der Waals surface area (Å²) in [7, 11) is 0. The van der Waals surface area contributed by atoms with Gasteiger partial charge in [0.1, 0.15) is 0 Å². The van der Waals surface area contributed by atoms with Crippen molar-refractivity contribution in [2.75, 3.05) is 31.6 Å². The molecule has 1 amide bonds. The van der Waals surface area contributed by atoms with E-state index >= 15 is 0 Å². The van der Waals surface area contributed by atoms with Crippen molar-refractivity contribution in [3.05, 3.63) is 29.3 Å². The molecule has 1 unspecified atom stereocenters. The minimum Gasteiger partial charge on any atom is -0.384 e. The maximum atomic E-state index is 12.4. The number of ether oxygens (including phenoxy) is 1. The van der Waals surface area contributed by atoms with E-state index in [1.807, 2.05) is 12.1 Å². The first-order valence-electron chi connectivity index (χ1n) is 7.56. The molecule has 108 valence electrons. The highest BCUT2D eigenvalue weighted by Gasteiger charge is 2.19. The molecule has 1 atom stereocenters. The molecule has 2 aliphatic rings. The number of rotatable bonds is 3. The average molecular weight is 274 g/mol. The van der Waals surface area contributed by atoms with Crippen LogP contribution >= 0.6 is 0 Å². The summed E-state index contributed by atoms with van der Waals surface area (Å²) in [5.41, 5.74) is 3.06. The van der Waals surface area contributed by atoms with Gasteiger partial charge in [0, 0.05) is 19.7 Å². The summed E-state index contributed by atoms with van der Waals surface area (Å²) >= 11 is 0. The summed E-state index contributed by atoms with van der Waals surface area (Å²) in [5.74, 6) is 0.488. The fourth-order valence-corrected chi connectivity index (χ4v) is 3.00. The number of benzene rings is 1. The van der Waals surface area contributed by atoms with Gasteiger partial charge in [-0.2, -0.15) is 0 Å². The topological polar surface area (TPSA) is 50.4 Å². The third-order valence-electron chi connectivity index (χ3n) is 4.13. The van der Waals surface area contributed by atoms with Crippen LogP contribution in [0.1, 0.15) is 35.2 Å². The van der Waals surface area contributed by atoms with Gasteiger partial charge in [-0.15, -0.1) is 0 Å². The Morgan fingerprint density at radius 2 is 2.35 bits per heavy atom. The number of hydrogen-bond donors (Lipinski definition) is 2. The summed E-state index contributed by atoms with van der Waals surface area (Å²) in [5, 5.41) is 6.42. The van der Waals surface area contributed by atoms with Crippen LogP contribution in [0, 0.1) is 5.92 Å². The lowest BCUT2D eigenvalue weighted by Gasteiger charge is -2.23. The zero-order valence-corrected chi connectivity index (χ0v) is 11.8. The first kappa shape index (κ1) is 13.4. The highest BCUT2D eigenvalue weighted by molar-refractivity contribution is 6.00. The van der Waals surface area contributed by atoms with Gasteiger partial charge in [-0.1, -0.05) is 12.1 Å². The number of carbonyl (C=O) groups excluding carboxylic acids is 1. The van der Waals surface area contributed by atoms with Crippen LogP contribution in [0.5, 0.6) is 0 Å². The van der Waals surface area contributed by atoms with Gasteiger partial charge in [0.15, 0.2) is 0 Å². The maximum absolute atomic E-state index is 12.4. The largest absolute Gasteiger partial charge is 0.384 e. The molecule has 1 aromatic rings. The monoisotopic (exact) mass is 274 g/mol. The molecule has 4 heteroatoms. The highest BCUT2D eigenvalue weighted by Crippen LogP contribution is 2.26. The van der Waals surface area contributed by atoms with Crippen molar-refractivity contribution in [3.63, 3.8) is 0 Å². The zero-order chi connectivity index (χ0) is 13.8. The summed E-state index contributed by atoms with van der Waals surface area (Å²) < 4.78 is 5.45. The Morgan fingerprint density at radius 3 is 3.20 bits per heavy atom. The van der Waals surface area contributed by atoms with Crippen LogP contribution in [0.15, 0.2) is 18.2 Å². The molecule has 0 radical (unpaired) electrons. The predicted molar refractivity (Wildman–Crippen MR) is 79.1 cm³/mol. The molecular weight excluding hydrogens is 252 g/mol. The van der Waals surface area contributed by atoms with Gasteiger partial charge < -0.3 is 15.4 Å². The first-order chi connectivity index (χ1) is 9.84. The van der Waals surface area contributed by atoms with E-state index in [1.54, 1.807) is 0 Å². The molecular formula is C16H22N2O2. The van der Waals surface area contributed by atoms with Crippen LogP contribution in [-0.4, -0.2) is 32.2 Å². The SMILES string of the molecule is O=C(NCC1CCCOC1)c1cccc2c1NCCC2. The Balaban J connectivity index is 1.64.